The number of primary amides is 1. The monoisotopic (exact) mass is 160 g/mol. The molecular formula is C6H12N2O3. The second kappa shape index (κ2) is 4.81. The van der Waals surface area contributed by atoms with E-state index in [1.165, 1.54) is 0 Å². The fourth-order valence-corrected chi connectivity index (χ4v) is 0.523. The summed E-state index contributed by atoms with van der Waals surface area (Å²) >= 11 is 0. The molecule has 0 aliphatic heterocycles. The van der Waals surface area contributed by atoms with E-state index in [9.17, 15) is 9.59 Å². The zero-order chi connectivity index (χ0) is 8.85. The van der Waals surface area contributed by atoms with Gasteiger partial charge in [0.15, 0.2) is 0 Å². The maximum absolute atomic E-state index is 10.6. The lowest BCUT2D eigenvalue weighted by Crippen LogP contribution is -2.81. The van der Waals surface area contributed by atoms with Crippen molar-refractivity contribution in [3.05, 3.63) is 7.05 Å². The van der Waals surface area contributed by atoms with Gasteiger partial charge in [-0.3, -0.25) is 4.79 Å². The average Bonchev–Trinajstić information content (AvgIpc) is 1.99. The smallest absolute Gasteiger partial charge is 0.320 e. The van der Waals surface area contributed by atoms with Crippen molar-refractivity contribution in [2.75, 3.05) is 0 Å². The Labute approximate surface area is 64.6 Å². The van der Waals surface area contributed by atoms with E-state index in [0.717, 1.165) is 5.32 Å². The molecule has 0 unspecified atom stereocenters. The Kier molecular flexibility index (Phi) is 4.40. The predicted molar refractivity (Wildman–Crippen MR) is 37.1 cm³/mol. The number of quaternary nitrogens is 1. The Bertz CT molecular complexity index is 158. The van der Waals surface area contributed by atoms with E-state index < -0.39 is 12.0 Å². The molecule has 0 heterocycles. The van der Waals surface area contributed by atoms with E-state index in [4.69, 9.17) is 10.8 Å². The first kappa shape index (κ1) is 10.1. The molecule has 0 saturated heterocycles. The number of hydrogen-bond acceptors (Lipinski definition) is 3. The standard InChI is InChI=1S/C6H12N2O3/c1-8-5(9)3-2-4(7)6(10)11/h4H,1-3,7-8H2,(H,10,11)/t4-/m1/s1. The molecule has 11 heavy (non-hydrogen) atoms. The summed E-state index contributed by atoms with van der Waals surface area (Å²) in [6.07, 6.45) is 0.317. The van der Waals surface area contributed by atoms with Crippen LogP contribution < -0.4 is 11.1 Å². The summed E-state index contributed by atoms with van der Waals surface area (Å²) < 4.78 is 0. The fourth-order valence-electron chi connectivity index (χ4n) is 0.523. The van der Waals surface area contributed by atoms with Crippen LogP contribution >= 0.6 is 0 Å². The number of carboxylic acid groups (broad SMARTS) is 1. The van der Waals surface area contributed by atoms with Crippen molar-refractivity contribution in [3.63, 3.8) is 0 Å². The topological polar surface area (TPSA) is 97.0 Å². The Morgan fingerprint density at radius 1 is 1.64 bits per heavy atom. The highest BCUT2D eigenvalue weighted by atomic mass is 16.4. The van der Waals surface area contributed by atoms with Crippen molar-refractivity contribution in [1.29, 1.82) is 0 Å². The van der Waals surface area contributed by atoms with Gasteiger partial charge in [0.2, 0.25) is 0 Å². The van der Waals surface area contributed by atoms with Crippen LogP contribution in [0.25, 0.3) is 0 Å². The molecule has 5 heteroatoms. The normalized spacial score (nSPS) is 12.5. The third-order valence-electron chi connectivity index (χ3n) is 1.25. The Balaban J connectivity index is 3.54. The molecule has 5 nitrogen and oxygen atoms in total. The van der Waals surface area contributed by atoms with Gasteiger partial charge in [-0.2, -0.15) is 0 Å². The third-order valence-corrected chi connectivity index (χ3v) is 1.25. The lowest BCUT2D eigenvalue weighted by atomic mass is 10.1. The average molecular weight is 160 g/mol. The lowest BCUT2D eigenvalue weighted by Gasteiger charge is -2.03. The third kappa shape index (κ3) is 4.46. The highest BCUT2D eigenvalue weighted by Crippen LogP contribution is 1.92. The number of carboxylic acids is 1. The summed E-state index contributed by atoms with van der Waals surface area (Å²) in [6, 6.07) is -0.945. The molecule has 0 bridgehead atoms. The molecular weight excluding hydrogens is 148 g/mol. The largest absolute Gasteiger partial charge is 0.480 e. The molecule has 0 fully saturated rings. The molecule has 0 aliphatic rings. The minimum Gasteiger partial charge on any atom is -0.480 e. The van der Waals surface area contributed by atoms with E-state index in [1.54, 1.807) is 0 Å². The maximum atomic E-state index is 10.6. The molecule has 0 spiro atoms. The quantitative estimate of drug-likeness (QED) is 0.417. The predicted octanol–water partition coefficient (Wildman–Crippen LogP) is -1.94. The van der Waals surface area contributed by atoms with Crippen molar-refractivity contribution in [1.82, 2.24) is 0 Å². The number of rotatable bonds is 4. The fraction of sp³-hybridized carbons (Fsp3) is 0.500. The minimum absolute atomic E-state index is 0.150. The SMILES string of the molecule is [CH2-][NH2+]C(=O)CC[C@@H](N)C(=O)O. The van der Waals surface area contributed by atoms with Gasteiger partial charge in [-0.15, -0.1) is 7.05 Å². The minimum atomic E-state index is -1.08. The van der Waals surface area contributed by atoms with Crippen molar-refractivity contribution >= 4 is 11.9 Å². The van der Waals surface area contributed by atoms with E-state index >= 15 is 0 Å². The van der Waals surface area contributed by atoms with Crippen molar-refractivity contribution in [2.45, 2.75) is 18.9 Å². The van der Waals surface area contributed by atoms with Crippen LogP contribution in [0.15, 0.2) is 0 Å². The van der Waals surface area contributed by atoms with E-state index in [0.29, 0.717) is 0 Å². The molecule has 1 amide bonds. The number of aliphatic carboxylic acids is 1. The molecule has 1 atom stereocenters. The van der Waals surface area contributed by atoms with Gasteiger partial charge in [0, 0.05) is 0 Å². The zero-order valence-corrected chi connectivity index (χ0v) is 6.12. The van der Waals surface area contributed by atoms with Crippen LogP contribution in [0.1, 0.15) is 12.8 Å². The number of hydrogen-bond donors (Lipinski definition) is 3. The Hall–Kier alpha value is -0.940. The van der Waals surface area contributed by atoms with Gasteiger partial charge in [0.25, 0.3) is 5.91 Å². The number of amides is 1. The van der Waals surface area contributed by atoms with E-state index in [2.05, 4.69) is 7.05 Å². The summed E-state index contributed by atoms with van der Waals surface area (Å²) in [5.74, 6) is -1.26. The van der Waals surface area contributed by atoms with Gasteiger partial charge in [0.05, 0.1) is 6.42 Å². The van der Waals surface area contributed by atoms with Crippen LogP contribution in [0.4, 0.5) is 0 Å². The summed E-state index contributed by atoms with van der Waals surface area (Å²) in [6.45, 7) is 0. The number of carbonyl (C=O) groups is 2. The van der Waals surface area contributed by atoms with Crippen LogP contribution in [0.5, 0.6) is 0 Å². The Morgan fingerprint density at radius 2 is 2.18 bits per heavy atom. The van der Waals surface area contributed by atoms with Crippen LogP contribution in [0.3, 0.4) is 0 Å². The van der Waals surface area contributed by atoms with Crippen molar-refractivity contribution in [2.24, 2.45) is 5.73 Å². The van der Waals surface area contributed by atoms with E-state index in [-0.39, 0.29) is 18.7 Å². The molecule has 0 radical (unpaired) electrons. The van der Waals surface area contributed by atoms with E-state index in [1.807, 2.05) is 0 Å². The number of nitrogens with two attached hydrogens (primary N) is 2. The van der Waals surface area contributed by atoms with Crippen molar-refractivity contribution in [3.8, 4) is 0 Å². The molecule has 0 aromatic heterocycles. The summed E-state index contributed by atoms with van der Waals surface area (Å²) in [5.41, 5.74) is 5.13. The molecule has 0 aromatic carbocycles. The first-order chi connectivity index (χ1) is 5.07. The number of carbonyl (C=O) groups excluding carboxylic acids is 1. The molecule has 0 aromatic rings. The highest BCUT2D eigenvalue weighted by Gasteiger charge is 2.12. The molecule has 0 rings (SSSR count). The first-order valence-electron chi connectivity index (χ1n) is 3.21. The van der Waals surface area contributed by atoms with Gasteiger partial charge in [-0.1, -0.05) is 0 Å². The van der Waals surface area contributed by atoms with Gasteiger partial charge < -0.3 is 16.2 Å². The molecule has 64 valence electrons. The zero-order valence-electron chi connectivity index (χ0n) is 6.12. The van der Waals surface area contributed by atoms with Crippen LogP contribution in [-0.4, -0.2) is 23.0 Å². The van der Waals surface area contributed by atoms with Crippen LogP contribution in [-0.2, 0) is 9.59 Å². The van der Waals surface area contributed by atoms with Gasteiger partial charge >= 0.3 is 5.97 Å². The maximum Gasteiger partial charge on any atom is 0.320 e. The summed E-state index contributed by atoms with van der Waals surface area (Å²) in [4.78, 5) is 20.7. The van der Waals surface area contributed by atoms with Gasteiger partial charge in [0.1, 0.15) is 6.04 Å². The van der Waals surface area contributed by atoms with Crippen LogP contribution in [0, 0.1) is 7.05 Å². The molecule has 5 N–H and O–H groups in total. The lowest BCUT2D eigenvalue weighted by molar-refractivity contribution is -0.507. The molecule has 0 aliphatic carbocycles. The van der Waals surface area contributed by atoms with Crippen LogP contribution in [0.2, 0.25) is 0 Å². The second-order valence-corrected chi connectivity index (χ2v) is 2.15. The second-order valence-electron chi connectivity index (χ2n) is 2.15. The highest BCUT2D eigenvalue weighted by molar-refractivity contribution is 5.74. The summed E-state index contributed by atoms with van der Waals surface area (Å²) in [7, 11) is 3.25. The van der Waals surface area contributed by atoms with Crippen molar-refractivity contribution < 1.29 is 20.0 Å². The molecule has 0 saturated carbocycles. The Morgan fingerprint density at radius 3 is 2.55 bits per heavy atom. The first-order valence-corrected chi connectivity index (χ1v) is 3.21. The van der Waals surface area contributed by atoms with Gasteiger partial charge in [-0.05, 0) is 6.42 Å². The van der Waals surface area contributed by atoms with Gasteiger partial charge in [-0.25, -0.2) is 4.79 Å². The summed E-state index contributed by atoms with van der Waals surface area (Å²) in [5, 5.41) is 9.47.